The standard InChI is InChI=1S/C34H36F3N3O7/c1-3-26(32(41)42)23-9-12-30(46-2)31(17-23)47-25-13-15-38(16-14-25)21-33(43,34(35,36)37)28-20-39(19-22-7-5-4-6-8-22)29-18-24(40(44)45)10-11-27(28)29/h4-12,17-18,20,25-26,43H,3,13-16,19,21H2,1-2H3,(H,41,42). The number of aromatic nitrogens is 1. The minimum absolute atomic E-state index is 0.0725. The van der Waals surface area contributed by atoms with Crippen molar-refractivity contribution in [1.29, 1.82) is 0 Å². The number of nitro groups is 1. The predicted molar refractivity (Wildman–Crippen MR) is 168 cm³/mol. The Hall–Kier alpha value is -4.62. The van der Waals surface area contributed by atoms with Gasteiger partial charge in [-0.1, -0.05) is 43.3 Å². The van der Waals surface area contributed by atoms with Crippen LogP contribution in [0, 0.1) is 10.1 Å². The van der Waals surface area contributed by atoms with Gasteiger partial charge in [0.15, 0.2) is 11.5 Å². The SMILES string of the molecule is CCC(C(=O)O)c1ccc(OC)c(OC2CCN(CC(O)(c3cn(Cc4ccccc4)c4cc([N+](=O)[O-])ccc34)C(F)(F)F)CC2)c1. The summed E-state index contributed by atoms with van der Waals surface area (Å²) in [6.07, 6.45) is -3.14. The second-order valence-corrected chi connectivity index (χ2v) is 11.8. The molecule has 0 saturated carbocycles. The molecular weight excluding hydrogens is 619 g/mol. The molecule has 2 heterocycles. The summed E-state index contributed by atoms with van der Waals surface area (Å²) in [6.45, 7) is 1.54. The first-order chi connectivity index (χ1) is 22.3. The van der Waals surface area contributed by atoms with Gasteiger partial charge in [-0.3, -0.25) is 19.8 Å². The number of alkyl halides is 3. The van der Waals surface area contributed by atoms with Crippen LogP contribution >= 0.6 is 0 Å². The van der Waals surface area contributed by atoms with Crippen molar-refractivity contribution in [3.05, 3.63) is 99.7 Å². The lowest BCUT2D eigenvalue weighted by molar-refractivity contribution is -0.384. The number of carboxylic acids is 1. The van der Waals surface area contributed by atoms with Gasteiger partial charge in [0, 0.05) is 55.5 Å². The van der Waals surface area contributed by atoms with E-state index in [9.17, 15) is 38.3 Å². The van der Waals surface area contributed by atoms with Crippen LogP contribution in [0.5, 0.6) is 11.5 Å². The number of β-amino-alcohol motifs (C(OH)–C–C–N with tert-alkyl or cyclic N) is 1. The maximum atomic E-state index is 14.9. The van der Waals surface area contributed by atoms with Crippen LogP contribution in [0.3, 0.4) is 0 Å². The average molecular weight is 656 g/mol. The van der Waals surface area contributed by atoms with E-state index >= 15 is 0 Å². The van der Waals surface area contributed by atoms with Crippen molar-refractivity contribution in [3.63, 3.8) is 0 Å². The predicted octanol–water partition coefficient (Wildman–Crippen LogP) is 6.48. The molecule has 1 aliphatic rings. The smallest absolute Gasteiger partial charge is 0.422 e. The quantitative estimate of drug-likeness (QED) is 0.131. The Bertz CT molecular complexity index is 1740. The van der Waals surface area contributed by atoms with Crippen molar-refractivity contribution < 1.29 is 42.6 Å². The Labute approximate surface area is 269 Å². The third-order valence-electron chi connectivity index (χ3n) is 8.76. The molecule has 3 aromatic carbocycles. The molecule has 0 spiro atoms. The number of methoxy groups -OCH3 is 1. The molecule has 4 aromatic rings. The van der Waals surface area contributed by atoms with Crippen LogP contribution < -0.4 is 9.47 Å². The van der Waals surface area contributed by atoms with Gasteiger partial charge in [-0.15, -0.1) is 0 Å². The number of halogens is 3. The molecular formula is C34H36F3N3O7. The number of hydrogen-bond donors (Lipinski definition) is 2. The second kappa shape index (κ2) is 13.6. The summed E-state index contributed by atoms with van der Waals surface area (Å²) in [5, 5.41) is 32.7. The summed E-state index contributed by atoms with van der Waals surface area (Å²) >= 11 is 0. The van der Waals surface area contributed by atoms with Crippen molar-refractivity contribution in [2.75, 3.05) is 26.7 Å². The van der Waals surface area contributed by atoms with E-state index in [4.69, 9.17) is 9.47 Å². The Morgan fingerprint density at radius 1 is 1.06 bits per heavy atom. The molecule has 10 nitrogen and oxygen atoms in total. The minimum atomic E-state index is -5.07. The molecule has 1 saturated heterocycles. The molecule has 1 aliphatic heterocycles. The maximum absolute atomic E-state index is 14.9. The molecule has 0 amide bonds. The fourth-order valence-electron chi connectivity index (χ4n) is 6.21. The number of nitro benzene ring substituents is 1. The summed E-state index contributed by atoms with van der Waals surface area (Å²) in [7, 11) is 1.46. The zero-order valence-electron chi connectivity index (χ0n) is 25.9. The van der Waals surface area contributed by atoms with Gasteiger partial charge in [-0.05, 0) is 48.6 Å². The van der Waals surface area contributed by atoms with Gasteiger partial charge in [0.25, 0.3) is 5.69 Å². The Morgan fingerprint density at radius 3 is 2.36 bits per heavy atom. The first-order valence-corrected chi connectivity index (χ1v) is 15.2. The van der Waals surface area contributed by atoms with Gasteiger partial charge in [-0.2, -0.15) is 13.2 Å². The number of nitrogens with zero attached hydrogens (tertiary/aromatic N) is 3. The Morgan fingerprint density at radius 2 is 1.77 bits per heavy atom. The van der Waals surface area contributed by atoms with E-state index in [1.807, 2.05) is 0 Å². The maximum Gasteiger partial charge on any atom is 0.422 e. The number of aliphatic hydroxyl groups is 1. The van der Waals surface area contributed by atoms with Gasteiger partial charge in [-0.25, -0.2) is 0 Å². The molecule has 0 bridgehead atoms. The Kier molecular flexibility index (Phi) is 9.78. The van der Waals surface area contributed by atoms with Crippen LogP contribution in [-0.2, 0) is 16.9 Å². The number of rotatable bonds is 12. The largest absolute Gasteiger partial charge is 0.493 e. The minimum Gasteiger partial charge on any atom is -0.493 e. The lowest BCUT2D eigenvalue weighted by Crippen LogP contribution is -2.53. The fraction of sp³-hybridized carbons (Fsp3) is 0.382. The summed E-state index contributed by atoms with van der Waals surface area (Å²) in [5.41, 5.74) is -2.40. The Balaban J connectivity index is 1.39. The molecule has 2 unspecified atom stereocenters. The highest BCUT2D eigenvalue weighted by molar-refractivity contribution is 5.87. The van der Waals surface area contributed by atoms with Gasteiger partial charge in [0.2, 0.25) is 5.60 Å². The van der Waals surface area contributed by atoms with Gasteiger partial charge in [0.1, 0.15) is 6.10 Å². The number of piperidine rings is 1. The van der Waals surface area contributed by atoms with Crippen LogP contribution in [0.15, 0.2) is 72.9 Å². The molecule has 0 aliphatic carbocycles. The third kappa shape index (κ3) is 7.05. The number of likely N-dealkylation sites (tertiary alicyclic amines) is 1. The molecule has 2 N–H and O–H groups in total. The highest BCUT2D eigenvalue weighted by atomic mass is 19.4. The van der Waals surface area contributed by atoms with Crippen molar-refractivity contribution in [3.8, 4) is 11.5 Å². The highest BCUT2D eigenvalue weighted by Gasteiger charge is 2.57. The number of carbonyl (C=O) groups is 1. The lowest BCUT2D eigenvalue weighted by Gasteiger charge is -2.39. The summed E-state index contributed by atoms with van der Waals surface area (Å²) < 4.78 is 57.7. The van der Waals surface area contributed by atoms with Crippen molar-refractivity contribution >= 4 is 22.6 Å². The highest BCUT2D eigenvalue weighted by Crippen LogP contribution is 2.44. The molecule has 13 heteroatoms. The fourth-order valence-corrected chi connectivity index (χ4v) is 6.21. The van der Waals surface area contributed by atoms with Gasteiger partial charge in [0.05, 0.1) is 23.5 Å². The van der Waals surface area contributed by atoms with Gasteiger partial charge < -0.3 is 24.3 Å². The van der Waals surface area contributed by atoms with Crippen LogP contribution in [-0.4, -0.2) is 69.6 Å². The summed E-state index contributed by atoms with van der Waals surface area (Å²) in [6, 6.07) is 17.5. The van der Waals surface area contributed by atoms with Crippen LogP contribution in [0.2, 0.25) is 0 Å². The van der Waals surface area contributed by atoms with E-state index in [-0.39, 0.29) is 47.9 Å². The molecule has 2 atom stereocenters. The molecule has 1 aromatic heterocycles. The molecule has 47 heavy (non-hydrogen) atoms. The first-order valence-electron chi connectivity index (χ1n) is 15.2. The number of benzene rings is 3. The molecule has 5 rings (SSSR count). The zero-order valence-corrected chi connectivity index (χ0v) is 25.9. The van der Waals surface area contributed by atoms with E-state index in [1.165, 1.54) is 34.9 Å². The summed E-state index contributed by atoms with van der Waals surface area (Å²) in [5.74, 6) is -0.921. The van der Waals surface area contributed by atoms with E-state index in [0.717, 1.165) is 11.6 Å². The normalized spacial score (nSPS) is 16.5. The van der Waals surface area contributed by atoms with Gasteiger partial charge >= 0.3 is 12.1 Å². The number of aliphatic carboxylic acids is 1. The van der Waals surface area contributed by atoms with Crippen LogP contribution in [0.25, 0.3) is 10.9 Å². The van der Waals surface area contributed by atoms with Crippen LogP contribution in [0.1, 0.15) is 48.8 Å². The lowest BCUT2D eigenvalue weighted by atomic mass is 9.91. The monoisotopic (exact) mass is 655 g/mol. The van der Waals surface area contributed by atoms with Crippen LogP contribution in [0.4, 0.5) is 18.9 Å². The first kappa shape index (κ1) is 33.7. The topological polar surface area (TPSA) is 127 Å². The van der Waals surface area contributed by atoms with Crippen molar-refractivity contribution in [2.24, 2.45) is 0 Å². The zero-order chi connectivity index (χ0) is 33.9. The van der Waals surface area contributed by atoms with E-state index in [0.29, 0.717) is 36.3 Å². The number of carboxylic acid groups (broad SMARTS) is 1. The van der Waals surface area contributed by atoms with Crippen molar-refractivity contribution in [2.45, 2.75) is 56.5 Å². The second-order valence-electron chi connectivity index (χ2n) is 11.8. The average Bonchev–Trinajstić information content (AvgIpc) is 3.40. The summed E-state index contributed by atoms with van der Waals surface area (Å²) in [4.78, 5) is 24.1. The molecule has 0 radical (unpaired) electrons. The van der Waals surface area contributed by atoms with Crippen molar-refractivity contribution in [1.82, 2.24) is 9.47 Å². The number of hydrogen-bond acceptors (Lipinski definition) is 7. The van der Waals surface area contributed by atoms with E-state index in [1.54, 1.807) is 55.5 Å². The number of non-ortho nitro benzene ring substituents is 1. The molecule has 1 fully saturated rings. The van der Waals surface area contributed by atoms with E-state index < -0.39 is 35.1 Å². The number of fused-ring (bicyclic) bond motifs is 1. The third-order valence-corrected chi connectivity index (χ3v) is 8.76. The number of ether oxygens (including phenoxy) is 2. The van der Waals surface area contributed by atoms with E-state index in [2.05, 4.69) is 0 Å². The molecule has 250 valence electrons.